The molecule has 0 saturated carbocycles. The van der Waals surface area contributed by atoms with Crippen LogP contribution in [0, 0.1) is 6.92 Å². The van der Waals surface area contributed by atoms with Gasteiger partial charge in [-0.15, -0.1) is 11.3 Å². The molecular weight excluding hydrogens is 414 g/mol. The lowest BCUT2D eigenvalue weighted by Gasteiger charge is -2.27. The minimum absolute atomic E-state index is 0.968. The molecule has 2 aromatic heterocycles. The first-order chi connectivity index (χ1) is 14.9. The average molecular weight is 439 g/mol. The molecule has 4 heteroatoms. The molecule has 0 saturated heterocycles. The van der Waals surface area contributed by atoms with E-state index in [1.54, 1.807) is 0 Å². The number of aryl methyl sites for hydroxylation is 2. The lowest BCUT2D eigenvalue weighted by atomic mass is 9.95. The van der Waals surface area contributed by atoms with E-state index < -0.39 is 8.07 Å². The highest BCUT2D eigenvalue weighted by atomic mass is 32.1. The minimum Gasteiger partial charge on any atom is -0.456 e. The van der Waals surface area contributed by atoms with E-state index in [1.165, 1.54) is 48.1 Å². The third-order valence-electron chi connectivity index (χ3n) is 6.82. The molecule has 1 aliphatic heterocycles. The van der Waals surface area contributed by atoms with Gasteiger partial charge in [0.25, 0.3) is 0 Å². The molecule has 0 aliphatic carbocycles. The lowest BCUT2D eigenvalue weighted by Crippen LogP contribution is -2.52. The van der Waals surface area contributed by atoms with Gasteiger partial charge in [0.15, 0.2) is 6.20 Å². The molecular formula is C27H24NOSSi+. The molecule has 31 heavy (non-hydrogen) atoms. The Morgan fingerprint density at radius 3 is 2.48 bits per heavy atom. The van der Waals surface area contributed by atoms with Crippen molar-refractivity contribution in [1.29, 1.82) is 0 Å². The second kappa shape index (κ2) is 6.52. The third kappa shape index (κ3) is 2.65. The zero-order chi connectivity index (χ0) is 21.3. The van der Waals surface area contributed by atoms with E-state index in [1.807, 2.05) is 11.3 Å². The highest BCUT2D eigenvalue weighted by Gasteiger charge is 2.33. The molecule has 0 spiro atoms. The minimum atomic E-state index is -1.85. The molecule has 3 aromatic carbocycles. The predicted octanol–water partition coefficient (Wildman–Crippen LogP) is 5.78. The molecule has 5 aromatic rings. The highest BCUT2D eigenvalue weighted by Crippen LogP contribution is 2.48. The maximum absolute atomic E-state index is 6.65. The van der Waals surface area contributed by atoms with Crippen LogP contribution < -0.4 is 19.7 Å². The summed E-state index contributed by atoms with van der Waals surface area (Å²) in [4.78, 5) is 0. The van der Waals surface area contributed by atoms with Crippen molar-refractivity contribution in [2.24, 2.45) is 7.05 Å². The van der Waals surface area contributed by atoms with Gasteiger partial charge in [0, 0.05) is 10.8 Å². The van der Waals surface area contributed by atoms with Gasteiger partial charge >= 0.3 is 0 Å². The van der Waals surface area contributed by atoms with Gasteiger partial charge < -0.3 is 4.74 Å². The normalized spacial score (nSPS) is 12.8. The first kappa shape index (κ1) is 18.8. The van der Waals surface area contributed by atoms with Crippen molar-refractivity contribution in [3.05, 3.63) is 77.8 Å². The maximum Gasteiger partial charge on any atom is 0.228 e. The summed E-state index contributed by atoms with van der Waals surface area (Å²) in [5.74, 6) is 1.95. The third-order valence-corrected chi connectivity index (χ3v) is 11.4. The standard InChI is InChI=1S/C27H24NOSSi/c1-17-24-22(15-19-11-13-30-27(17)19)29-23-16-21(31(3,4)20-8-6-5-7-9-20)14-18-10-12-28(2)26(24)25(18)23/h5-16H,1-4H3/q+1. The summed E-state index contributed by atoms with van der Waals surface area (Å²) in [6.45, 7) is 7.08. The van der Waals surface area contributed by atoms with Crippen molar-refractivity contribution in [2.75, 3.05) is 0 Å². The van der Waals surface area contributed by atoms with Crippen molar-refractivity contribution in [3.63, 3.8) is 0 Å². The first-order valence-electron chi connectivity index (χ1n) is 10.7. The molecule has 3 heterocycles. The van der Waals surface area contributed by atoms with Crippen LogP contribution in [0.2, 0.25) is 13.1 Å². The summed E-state index contributed by atoms with van der Waals surface area (Å²) >= 11 is 1.81. The maximum atomic E-state index is 6.65. The monoisotopic (exact) mass is 438 g/mol. The van der Waals surface area contributed by atoms with E-state index in [9.17, 15) is 0 Å². The van der Waals surface area contributed by atoms with Crippen molar-refractivity contribution < 1.29 is 9.30 Å². The zero-order valence-corrected chi connectivity index (χ0v) is 20.0. The predicted molar refractivity (Wildman–Crippen MR) is 134 cm³/mol. The number of nitrogens with zero attached hydrogens (tertiary/aromatic N) is 1. The molecule has 0 fully saturated rings. The van der Waals surface area contributed by atoms with Crippen LogP contribution in [0.15, 0.2) is 72.2 Å². The van der Waals surface area contributed by atoms with Crippen LogP contribution in [0.25, 0.3) is 32.1 Å². The van der Waals surface area contributed by atoms with Gasteiger partial charge in [0.05, 0.1) is 10.9 Å². The van der Waals surface area contributed by atoms with Gasteiger partial charge in [0.1, 0.15) is 26.6 Å². The largest absolute Gasteiger partial charge is 0.456 e. The van der Waals surface area contributed by atoms with Crippen LogP contribution >= 0.6 is 11.3 Å². The van der Waals surface area contributed by atoms with E-state index in [2.05, 4.69) is 104 Å². The lowest BCUT2D eigenvalue weighted by molar-refractivity contribution is -0.659. The number of fused-ring (bicyclic) bond motifs is 3. The van der Waals surface area contributed by atoms with Gasteiger partial charge in [-0.3, -0.25) is 0 Å². The van der Waals surface area contributed by atoms with E-state index in [4.69, 9.17) is 4.74 Å². The van der Waals surface area contributed by atoms with Crippen LogP contribution in [0.5, 0.6) is 11.5 Å². The quantitative estimate of drug-likeness (QED) is 0.247. The SMILES string of the molecule is Cc1c2c(cc3ccsc13)Oc1cc([Si](C)(C)c3ccccc3)cc3cc[n+](C)c-2c13. The fraction of sp³-hybridized carbons (Fsp3) is 0.148. The van der Waals surface area contributed by atoms with Gasteiger partial charge in [-0.05, 0) is 46.8 Å². The summed E-state index contributed by atoms with van der Waals surface area (Å²) in [5, 5.41) is 8.75. The number of thiophene rings is 1. The molecule has 0 amide bonds. The van der Waals surface area contributed by atoms with E-state index in [0.29, 0.717) is 0 Å². The van der Waals surface area contributed by atoms with E-state index in [0.717, 1.165) is 11.5 Å². The summed E-state index contributed by atoms with van der Waals surface area (Å²) in [6, 6.07) is 22.3. The number of pyridine rings is 1. The number of hydrogen-bond donors (Lipinski definition) is 0. The second-order valence-electron chi connectivity index (χ2n) is 9.02. The molecule has 2 nitrogen and oxygen atoms in total. The van der Waals surface area contributed by atoms with Crippen molar-refractivity contribution in [3.8, 4) is 22.8 Å². The Labute approximate surface area is 187 Å². The van der Waals surface area contributed by atoms with Crippen LogP contribution in [-0.2, 0) is 7.05 Å². The van der Waals surface area contributed by atoms with Crippen LogP contribution in [0.3, 0.4) is 0 Å². The smallest absolute Gasteiger partial charge is 0.228 e. The van der Waals surface area contributed by atoms with E-state index >= 15 is 0 Å². The van der Waals surface area contributed by atoms with Crippen LogP contribution in [-0.4, -0.2) is 8.07 Å². The highest BCUT2D eigenvalue weighted by molar-refractivity contribution is 7.17. The van der Waals surface area contributed by atoms with Gasteiger partial charge in [-0.1, -0.05) is 59.9 Å². The Kier molecular flexibility index (Phi) is 3.95. The number of hydrogen-bond acceptors (Lipinski definition) is 2. The second-order valence-corrected chi connectivity index (χ2v) is 14.3. The zero-order valence-electron chi connectivity index (χ0n) is 18.2. The number of aromatic nitrogens is 1. The fourth-order valence-corrected chi connectivity index (χ4v) is 8.23. The Morgan fingerprint density at radius 2 is 1.68 bits per heavy atom. The van der Waals surface area contributed by atoms with Crippen molar-refractivity contribution in [2.45, 2.75) is 20.0 Å². The molecule has 0 unspecified atom stereocenters. The summed E-state index contributed by atoms with van der Waals surface area (Å²) in [6.07, 6.45) is 2.19. The van der Waals surface area contributed by atoms with Gasteiger partial charge in [-0.25, -0.2) is 4.57 Å². The number of rotatable bonds is 2. The van der Waals surface area contributed by atoms with Gasteiger partial charge in [0.2, 0.25) is 5.69 Å². The molecule has 0 radical (unpaired) electrons. The fourth-order valence-electron chi connectivity index (χ4n) is 4.97. The number of ether oxygens (including phenoxy) is 1. The molecule has 152 valence electrons. The molecule has 1 aliphatic rings. The Hall–Kier alpha value is -2.95. The van der Waals surface area contributed by atoms with Crippen molar-refractivity contribution in [1.82, 2.24) is 0 Å². The Balaban J connectivity index is 1.66. The topological polar surface area (TPSA) is 13.1 Å². The Morgan fingerprint density at radius 1 is 0.871 bits per heavy atom. The van der Waals surface area contributed by atoms with Crippen LogP contribution in [0.1, 0.15) is 5.56 Å². The Bertz CT molecular complexity index is 1500. The van der Waals surface area contributed by atoms with Crippen molar-refractivity contribution >= 4 is 50.6 Å². The molecule has 0 atom stereocenters. The summed E-state index contributed by atoms with van der Waals surface area (Å²) < 4.78 is 10.2. The average Bonchev–Trinajstić information content (AvgIpc) is 3.25. The molecule has 0 bridgehead atoms. The first-order valence-corrected chi connectivity index (χ1v) is 14.5. The van der Waals surface area contributed by atoms with E-state index in [-0.39, 0.29) is 0 Å². The van der Waals surface area contributed by atoms with Gasteiger partial charge in [-0.2, -0.15) is 0 Å². The number of benzene rings is 3. The molecule has 0 N–H and O–H groups in total. The molecule has 6 rings (SSSR count). The summed E-state index contributed by atoms with van der Waals surface area (Å²) in [7, 11) is 0.293. The summed E-state index contributed by atoms with van der Waals surface area (Å²) in [5.41, 5.74) is 3.79. The van der Waals surface area contributed by atoms with Crippen LogP contribution in [0.4, 0.5) is 0 Å².